The maximum absolute atomic E-state index is 12.7. The molecule has 27 heavy (non-hydrogen) atoms. The third-order valence-corrected chi connectivity index (χ3v) is 5.77. The molecule has 0 amide bonds. The van der Waals surface area contributed by atoms with Gasteiger partial charge in [0.2, 0.25) is 0 Å². The molecule has 0 radical (unpaired) electrons. The van der Waals surface area contributed by atoms with Crippen LogP contribution in [0, 0.1) is 6.92 Å². The summed E-state index contributed by atoms with van der Waals surface area (Å²) in [6.45, 7) is 2.65. The summed E-state index contributed by atoms with van der Waals surface area (Å²) in [6.07, 6.45) is 2.78. The minimum Gasteiger partial charge on any atom is -0.385 e. The molecule has 2 aromatic carbocycles. The molecule has 0 spiro atoms. The van der Waals surface area contributed by atoms with E-state index in [1.165, 1.54) is 0 Å². The average molecular weight is 385 g/mol. The van der Waals surface area contributed by atoms with Gasteiger partial charge in [-0.2, -0.15) is 0 Å². The number of methoxy groups -OCH3 is 1. The molecule has 142 valence electrons. The van der Waals surface area contributed by atoms with Gasteiger partial charge in [0.05, 0.1) is 16.1 Å². The number of ether oxygens (including phenoxy) is 1. The molecule has 3 aromatic rings. The lowest BCUT2D eigenvalue weighted by atomic mass is 10.1. The maximum Gasteiger partial charge on any atom is 0.261 e. The number of nitrogens with one attached hydrogen (secondary N) is 1. The predicted molar refractivity (Wildman–Crippen MR) is 109 cm³/mol. The molecular weight excluding hydrogens is 360 g/mol. The van der Waals surface area contributed by atoms with Gasteiger partial charge in [0.1, 0.15) is 0 Å². The van der Waals surface area contributed by atoms with Crippen LogP contribution in [0.3, 0.4) is 0 Å². The number of nitrogens with zero attached hydrogens (tertiary/aromatic N) is 1. The lowest BCUT2D eigenvalue weighted by Crippen LogP contribution is -2.13. The minimum atomic E-state index is -3.67. The van der Waals surface area contributed by atoms with Gasteiger partial charge in [0.25, 0.3) is 10.0 Å². The number of anilines is 1. The average Bonchev–Trinajstić information content (AvgIpc) is 2.66. The molecular formula is C21H24N2O3S. The topological polar surface area (TPSA) is 68.3 Å². The summed E-state index contributed by atoms with van der Waals surface area (Å²) in [5.74, 6) is 0. The fourth-order valence-electron chi connectivity index (χ4n) is 2.88. The van der Waals surface area contributed by atoms with Gasteiger partial charge in [-0.25, -0.2) is 8.42 Å². The van der Waals surface area contributed by atoms with Gasteiger partial charge >= 0.3 is 0 Å². The molecule has 0 saturated heterocycles. The van der Waals surface area contributed by atoms with E-state index in [1.807, 2.05) is 31.2 Å². The Morgan fingerprint density at radius 2 is 1.78 bits per heavy atom. The van der Waals surface area contributed by atoms with Gasteiger partial charge in [-0.3, -0.25) is 9.71 Å². The van der Waals surface area contributed by atoms with E-state index < -0.39 is 10.0 Å². The van der Waals surface area contributed by atoms with Crippen molar-refractivity contribution in [3.8, 4) is 0 Å². The van der Waals surface area contributed by atoms with Crippen molar-refractivity contribution in [2.24, 2.45) is 0 Å². The van der Waals surface area contributed by atoms with Crippen molar-refractivity contribution in [1.29, 1.82) is 0 Å². The van der Waals surface area contributed by atoms with E-state index in [-0.39, 0.29) is 4.90 Å². The second-order valence-electron chi connectivity index (χ2n) is 6.55. The number of pyridine rings is 1. The molecule has 6 heteroatoms. The molecule has 5 nitrogen and oxygen atoms in total. The van der Waals surface area contributed by atoms with E-state index in [9.17, 15) is 8.42 Å². The zero-order valence-electron chi connectivity index (χ0n) is 15.6. The van der Waals surface area contributed by atoms with Crippen molar-refractivity contribution in [2.75, 3.05) is 18.4 Å². The van der Waals surface area contributed by atoms with Gasteiger partial charge < -0.3 is 4.74 Å². The van der Waals surface area contributed by atoms with Gasteiger partial charge in [-0.1, -0.05) is 35.9 Å². The van der Waals surface area contributed by atoms with Crippen LogP contribution in [0.15, 0.2) is 59.5 Å². The van der Waals surface area contributed by atoms with E-state index in [2.05, 4.69) is 4.72 Å². The van der Waals surface area contributed by atoms with E-state index >= 15 is 0 Å². The smallest absolute Gasteiger partial charge is 0.261 e. The highest BCUT2D eigenvalue weighted by molar-refractivity contribution is 7.92. The molecule has 0 aliphatic carbocycles. The number of rotatable bonds is 8. The Morgan fingerprint density at radius 3 is 2.52 bits per heavy atom. The number of hydrogen-bond acceptors (Lipinski definition) is 4. The molecule has 0 unspecified atom stereocenters. The van der Waals surface area contributed by atoms with Crippen molar-refractivity contribution >= 4 is 26.6 Å². The summed E-state index contributed by atoms with van der Waals surface area (Å²) in [5, 5.41) is 0.903. The van der Waals surface area contributed by atoms with Crippen LogP contribution < -0.4 is 4.72 Å². The van der Waals surface area contributed by atoms with Gasteiger partial charge in [0.15, 0.2) is 0 Å². The Hall–Kier alpha value is -2.44. The molecule has 0 saturated carbocycles. The number of unbranched alkanes of at least 4 members (excludes halogenated alkanes) is 1. The van der Waals surface area contributed by atoms with Gasteiger partial charge in [-0.15, -0.1) is 0 Å². The molecule has 0 bridgehead atoms. The van der Waals surface area contributed by atoms with Crippen LogP contribution in [0.2, 0.25) is 0 Å². The summed E-state index contributed by atoms with van der Waals surface area (Å²) in [4.78, 5) is 4.93. The van der Waals surface area contributed by atoms with Crippen LogP contribution in [-0.4, -0.2) is 27.1 Å². The first-order valence-electron chi connectivity index (χ1n) is 8.97. The highest BCUT2D eigenvalue weighted by Gasteiger charge is 2.16. The van der Waals surface area contributed by atoms with E-state index in [0.717, 1.165) is 42.5 Å². The Bertz CT molecular complexity index is 1020. The number of aromatic nitrogens is 1. The van der Waals surface area contributed by atoms with Crippen molar-refractivity contribution in [3.05, 3.63) is 65.9 Å². The molecule has 1 heterocycles. The first kappa shape index (κ1) is 19.3. The third-order valence-electron chi connectivity index (χ3n) is 4.38. The Kier molecular flexibility index (Phi) is 6.08. The maximum atomic E-state index is 12.7. The van der Waals surface area contributed by atoms with Crippen molar-refractivity contribution in [2.45, 2.75) is 31.1 Å². The van der Waals surface area contributed by atoms with E-state index in [4.69, 9.17) is 9.72 Å². The minimum absolute atomic E-state index is 0.237. The van der Waals surface area contributed by atoms with E-state index in [0.29, 0.717) is 11.2 Å². The summed E-state index contributed by atoms with van der Waals surface area (Å²) < 4.78 is 33.2. The van der Waals surface area contributed by atoms with Crippen molar-refractivity contribution in [3.63, 3.8) is 0 Å². The summed E-state index contributed by atoms with van der Waals surface area (Å²) >= 11 is 0. The van der Waals surface area contributed by atoms with Crippen LogP contribution in [0.5, 0.6) is 0 Å². The second kappa shape index (κ2) is 8.50. The van der Waals surface area contributed by atoms with Crippen LogP contribution in [0.4, 0.5) is 5.69 Å². The van der Waals surface area contributed by atoms with E-state index in [1.54, 1.807) is 37.4 Å². The van der Waals surface area contributed by atoms with Crippen molar-refractivity contribution in [1.82, 2.24) is 4.98 Å². The van der Waals surface area contributed by atoms with Crippen LogP contribution >= 0.6 is 0 Å². The number of aryl methyl sites for hydroxylation is 2. The first-order chi connectivity index (χ1) is 13.0. The summed E-state index contributed by atoms with van der Waals surface area (Å²) in [6, 6.07) is 16.3. The number of hydrogen-bond donors (Lipinski definition) is 1. The second-order valence-corrected chi connectivity index (χ2v) is 8.23. The third kappa shape index (κ3) is 4.84. The van der Waals surface area contributed by atoms with Crippen LogP contribution in [-0.2, 0) is 21.2 Å². The summed E-state index contributed by atoms with van der Waals surface area (Å²) in [7, 11) is -1.97. The molecule has 0 aliphatic rings. The Morgan fingerprint density at radius 1 is 1.00 bits per heavy atom. The molecule has 1 N–H and O–H groups in total. The van der Waals surface area contributed by atoms with Crippen LogP contribution in [0.1, 0.15) is 24.1 Å². The zero-order valence-corrected chi connectivity index (χ0v) is 16.4. The predicted octanol–water partition coefficient (Wildman–Crippen LogP) is 4.31. The zero-order chi connectivity index (χ0) is 19.3. The normalized spacial score (nSPS) is 11.6. The SMILES string of the molecule is COCCCCc1ccc2cccc(NS(=O)(=O)c3ccc(C)cc3)c2n1. The lowest BCUT2D eigenvalue weighted by Gasteiger charge is -2.11. The number of benzene rings is 2. The van der Waals surface area contributed by atoms with Gasteiger partial charge in [0, 0.05) is 24.8 Å². The molecule has 0 aliphatic heterocycles. The summed E-state index contributed by atoms with van der Waals surface area (Å²) in [5.41, 5.74) is 3.11. The fraction of sp³-hybridized carbons (Fsp3) is 0.286. The van der Waals surface area contributed by atoms with Crippen LogP contribution in [0.25, 0.3) is 10.9 Å². The largest absolute Gasteiger partial charge is 0.385 e. The molecule has 3 rings (SSSR count). The Labute approximate surface area is 160 Å². The lowest BCUT2D eigenvalue weighted by molar-refractivity contribution is 0.193. The monoisotopic (exact) mass is 384 g/mol. The molecule has 1 aromatic heterocycles. The first-order valence-corrected chi connectivity index (χ1v) is 10.4. The molecule has 0 atom stereocenters. The number of sulfonamides is 1. The van der Waals surface area contributed by atoms with Gasteiger partial charge in [-0.05, 0) is 50.5 Å². The standard InChI is InChI=1S/C21H24N2O3S/c1-16-9-13-19(14-10-16)27(24,25)23-20-8-5-6-17-11-12-18(22-21(17)20)7-3-4-15-26-2/h5-6,8-14,23H,3-4,7,15H2,1-2H3. The number of fused-ring (bicyclic) bond motifs is 1. The van der Waals surface area contributed by atoms with Crippen molar-refractivity contribution < 1.29 is 13.2 Å². The molecule has 0 fully saturated rings. The number of para-hydroxylation sites is 1. The quantitative estimate of drug-likeness (QED) is 0.588. The highest BCUT2D eigenvalue weighted by atomic mass is 32.2. The fourth-order valence-corrected chi connectivity index (χ4v) is 3.95. The highest BCUT2D eigenvalue weighted by Crippen LogP contribution is 2.25. The Balaban J connectivity index is 1.88.